The van der Waals surface area contributed by atoms with Crippen molar-refractivity contribution in [3.63, 3.8) is 0 Å². The number of sulfonamides is 1. The lowest BCUT2D eigenvalue weighted by Crippen LogP contribution is -2.53. The zero-order valence-corrected chi connectivity index (χ0v) is 27.9. The monoisotopic (exact) mass is 659 g/mol. The van der Waals surface area contributed by atoms with Gasteiger partial charge in [-0.15, -0.1) is 0 Å². The van der Waals surface area contributed by atoms with E-state index in [0.717, 1.165) is 9.87 Å². The van der Waals surface area contributed by atoms with Crippen LogP contribution in [0.3, 0.4) is 0 Å². The van der Waals surface area contributed by atoms with Gasteiger partial charge in [-0.2, -0.15) is 0 Å². The molecule has 0 aliphatic rings. The molecule has 47 heavy (non-hydrogen) atoms. The number of rotatable bonds is 16. The summed E-state index contributed by atoms with van der Waals surface area (Å²) in [5.41, 5.74) is 1.66. The highest BCUT2D eigenvalue weighted by molar-refractivity contribution is 7.92. The summed E-state index contributed by atoms with van der Waals surface area (Å²) in [5.74, 6) is 0.238. The van der Waals surface area contributed by atoms with Crippen LogP contribution in [0.2, 0.25) is 0 Å². The Morgan fingerprint density at radius 3 is 2.04 bits per heavy atom. The summed E-state index contributed by atoms with van der Waals surface area (Å²) in [5, 5.41) is 2.94. The number of carbonyl (C=O) groups excluding carboxylic acids is 2. The SMILES string of the molecule is CCCNC(=O)[C@@H](Cc1ccccc1)N(Cc1cccc(OC)c1)C(=O)CN(c1cc(OC)ccc1OC)S(=O)(=O)c1ccccc1. The van der Waals surface area contributed by atoms with Gasteiger partial charge in [0.1, 0.15) is 29.8 Å². The van der Waals surface area contributed by atoms with Crippen molar-refractivity contribution in [1.29, 1.82) is 0 Å². The van der Waals surface area contributed by atoms with Crippen LogP contribution in [0.5, 0.6) is 17.2 Å². The number of nitrogens with one attached hydrogen (secondary N) is 1. The molecule has 0 bridgehead atoms. The van der Waals surface area contributed by atoms with Gasteiger partial charge < -0.3 is 24.4 Å². The number of benzene rings is 4. The number of hydrogen-bond acceptors (Lipinski definition) is 7. The zero-order valence-electron chi connectivity index (χ0n) is 27.1. The van der Waals surface area contributed by atoms with Gasteiger partial charge in [-0.05, 0) is 53.9 Å². The van der Waals surface area contributed by atoms with Crippen molar-refractivity contribution in [1.82, 2.24) is 10.2 Å². The Kier molecular flexibility index (Phi) is 12.2. The maximum atomic E-state index is 14.7. The van der Waals surface area contributed by atoms with Gasteiger partial charge in [0.05, 0.1) is 31.9 Å². The standard InChI is InChI=1S/C36H41N3O7S/c1-5-21-37-36(41)33(23-27-13-8-6-9-14-27)38(25-28-15-12-16-29(22-28)44-2)35(40)26-39(47(42,43)31-17-10-7-11-18-31)32-24-30(45-3)19-20-34(32)46-4/h6-20,22,24,33H,5,21,23,25-26H2,1-4H3,(H,37,41)/t33-/m1/s1. The van der Waals surface area contributed by atoms with Crippen molar-refractivity contribution in [2.45, 2.75) is 37.2 Å². The minimum Gasteiger partial charge on any atom is -0.497 e. The normalized spacial score (nSPS) is 11.7. The number of carbonyl (C=O) groups is 2. The minimum atomic E-state index is -4.31. The molecule has 0 aromatic heterocycles. The molecule has 11 heteroatoms. The lowest BCUT2D eigenvalue weighted by Gasteiger charge is -2.34. The van der Waals surface area contributed by atoms with E-state index in [1.54, 1.807) is 55.6 Å². The average Bonchev–Trinajstić information content (AvgIpc) is 3.11. The van der Waals surface area contributed by atoms with E-state index in [2.05, 4.69) is 5.32 Å². The molecule has 248 valence electrons. The van der Waals surface area contributed by atoms with Gasteiger partial charge in [-0.1, -0.05) is 67.6 Å². The fourth-order valence-corrected chi connectivity index (χ4v) is 6.55. The van der Waals surface area contributed by atoms with E-state index in [-0.39, 0.29) is 35.2 Å². The highest BCUT2D eigenvalue weighted by Crippen LogP contribution is 2.36. The number of amides is 2. The molecule has 0 heterocycles. The predicted octanol–water partition coefficient (Wildman–Crippen LogP) is 5.07. The Morgan fingerprint density at radius 1 is 0.766 bits per heavy atom. The van der Waals surface area contributed by atoms with Gasteiger partial charge in [-0.25, -0.2) is 8.42 Å². The second-order valence-corrected chi connectivity index (χ2v) is 12.6. The van der Waals surface area contributed by atoms with Crippen LogP contribution in [-0.4, -0.2) is 65.6 Å². The van der Waals surface area contributed by atoms with Crippen molar-refractivity contribution in [2.75, 3.05) is 38.7 Å². The quantitative estimate of drug-likeness (QED) is 0.179. The molecule has 10 nitrogen and oxygen atoms in total. The van der Waals surface area contributed by atoms with Crippen molar-refractivity contribution in [3.8, 4) is 17.2 Å². The van der Waals surface area contributed by atoms with Crippen LogP contribution in [0.15, 0.2) is 108 Å². The molecule has 0 aliphatic heterocycles. The molecule has 1 atom stereocenters. The Labute approximate surface area is 276 Å². The van der Waals surface area contributed by atoms with E-state index < -0.39 is 28.5 Å². The second-order valence-electron chi connectivity index (χ2n) is 10.7. The third-order valence-corrected chi connectivity index (χ3v) is 9.35. The first-order valence-corrected chi connectivity index (χ1v) is 16.7. The minimum absolute atomic E-state index is 0.0152. The molecule has 4 aromatic rings. The predicted molar refractivity (Wildman–Crippen MR) is 181 cm³/mol. The first-order valence-electron chi connectivity index (χ1n) is 15.3. The van der Waals surface area contributed by atoms with Crippen LogP contribution in [0, 0.1) is 0 Å². The van der Waals surface area contributed by atoms with E-state index in [1.165, 1.54) is 37.3 Å². The summed E-state index contributed by atoms with van der Waals surface area (Å²) < 4.78 is 46.0. The third kappa shape index (κ3) is 8.82. The number of nitrogens with zero attached hydrogens (tertiary/aromatic N) is 2. The first-order chi connectivity index (χ1) is 22.7. The molecule has 0 unspecified atom stereocenters. The molecule has 0 saturated carbocycles. The first kappa shape index (κ1) is 34.8. The maximum Gasteiger partial charge on any atom is 0.264 e. The van der Waals surface area contributed by atoms with Gasteiger partial charge in [0.2, 0.25) is 11.8 Å². The zero-order chi connectivity index (χ0) is 33.8. The van der Waals surface area contributed by atoms with E-state index >= 15 is 0 Å². The Hall–Kier alpha value is -5.03. The molecule has 0 fully saturated rings. The molecule has 4 rings (SSSR count). The fraction of sp³-hybridized carbons (Fsp3) is 0.278. The number of ether oxygens (including phenoxy) is 3. The van der Waals surface area contributed by atoms with Gasteiger partial charge in [-0.3, -0.25) is 13.9 Å². The molecule has 4 aromatic carbocycles. The van der Waals surface area contributed by atoms with Crippen molar-refractivity contribution < 1.29 is 32.2 Å². The number of hydrogen-bond donors (Lipinski definition) is 1. The van der Waals surface area contributed by atoms with E-state index in [4.69, 9.17) is 14.2 Å². The van der Waals surface area contributed by atoms with Crippen molar-refractivity contribution in [2.24, 2.45) is 0 Å². The van der Waals surface area contributed by atoms with Gasteiger partial charge in [0.15, 0.2) is 0 Å². The van der Waals surface area contributed by atoms with Gasteiger partial charge >= 0.3 is 0 Å². The molecular weight excluding hydrogens is 618 g/mol. The molecule has 0 saturated heterocycles. The number of anilines is 1. The summed E-state index contributed by atoms with van der Waals surface area (Å²) >= 11 is 0. The maximum absolute atomic E-state index is 14.7. The summed E-state index contributed by atoms with van der Waals surface area (Å²) in [6, 6.07) is 28.2. The summed E-state index contributed by atoms with van der Waals surface area (Å²) in [4.78, 5) is 29.9. The highest BCUT2D eigenvalue weighted by atomic mass is 32.2. The Morgan fingerprint density at radius 2 is 1.40 bits per heavy atom. The van der Waals surface area contributed by atoms with Crippen molar-refractivity contribution >= 4 is 27.5 Å². The van der Waals surface area contributed by atoms with Crippen LogP contribution in [-0.2, 0) is 32.6 Å². The molecule has 2 amide bonds. The Balaban J connectivity index is 1.86. The topological polar surface area (TPSA) is 114 Å². The molecule has 0 radical (unpaired) electrons. The molecular formula is C36H41N3O7S. The van der Waals surface area contributed by atoms with Crippen LogP contribution in [0.1, 0.15) is 24.5 Å². The lowest BCUT2D eigenvalue weighted by molar-refractivity contribution is -0.140. The smallest absolute Gasteiger partial charge is 0.264 e. The fourth-order valence-electron chi connectivity index (χ4n) is 5.11. The third-order valence-electron chi connectivity index (χ3n) is 7.57. The van der Waals surface area contributed by atoms with Crippen LogP contribution in [0.4, 0.5) is 5.69 Å². The van der Waals surface area contributed by atoms with Gasteiger partial charge in [0, 0.05) is 25.6 Å². The van der Waals surface area contributed by atoms with Gasteiger partial charge in [0.25, 0.3) is 10.0 Å². The van der Waals surface area contributed by atoms with Crippen LogP contribution >= 0.6 is 0 Å². The summed E-state index contributed by atoms with van der Waals surface area (Å²) in [6.45, 7) is 1.75. The Bertz CT molecular complexity index is 1730. The van der Waals surface area contributed by atoms with E-state index in [0.29, 0.717) is 30.0 Å². The second kappa shape index (κ2) is 16.5. The largest absolute Gasteiger partial charge is 0.497 e. The highest BCUT2D eigenvalue weighted by Gasteiger charge is 2.35. The average molecular weight is 660 g/mol. The number of methoxy groups -OCH3 is 3. The molecule has 0 spiro atoms. The van der Waals surface area contributed by atoms with E-state index in [1.807, 2.05) is 43.3 Å². The van der Waals surface area contributed by atoms with Crippen LogP contribution < -0.4 is 23.8 Å². The summed E-state index contributed by atoms with van der Waals surface area (Å²) in [7, 11) is 0.119. The van der Waals surface area contributed by atoms with Crippen LogP contribution in [0.25, 0.3) is 0 Å². The van der Waals surface area contributed by atoms with Crippen molar-refractivity contribution in [3.05, 3.63) is 114 Å². The molecule has 0 aliphatic carbocycles. The summed E-state index contributed by atoms with van der Waals surface area (Å²) in [6.07, 6.45) is 0.909. The lowest BCUT2D eigenvalue weighted by atomic mass is 10.0. The van der Waals surface area contributed by atoms with E-state index in [9.17, 15) is 18.0 Å². The molecule has 1 N–H and O–H groups in total.